The van der Waals surface area contributed by atoms with Crippen molar-refractivity contribution in [1.82, 2.24) is 14.5 Å². The molecule has 0 aromatic carbocycles. The Hall–Kier alpha value is -1.38. The van der Waals surface area contributed by atoms with E-state index in [1.807, 2.05) is 18.5 Å². The molecule has 0 N–H and O–H groups in total. The summed E-state index contributed by atoms with van der Waals surface area (Å²) in [6.07, 6.45) is 3.27. The second kappa shape index (κ2) is 2.05. The fourth-order valence-corrected chi connectivity index (χ4v) is 1.12. The van der Waals surface area contributed by atoms with Crippen molar-refractivity contribution < 1.29 is 1.37 Å². The molecule has 0 atom stereocenters. The Morgan fingerprint density at radius 3 is 3.09 bits per heavy atom. The maximum Gasteiger partial charge on any atom is 0.143 e. The standard InChI is InChI=1S/C8H9N3/c1-6-7-3-4-11(2)8(7)10-5-9-6/h3-5H,1-2H3/i3T. The predicted octanol–water partition coefficient (Wildman–Crippen LogP) is 1.28. The fourth-order valence-electron chi connectivity index (χ4n) is 1.12. The number of hydrogen-bond acceptors (Lipinski definition) is 2. The highest BCUT2D eigenvalue weighted by molar-refractivity contribution is 5.77. The van der Waals surface area contributed by atoms with Crippen LogP contribution in [0.3, 0.4) is 0 Å². The van der Waals surface area contributed by atoms with Crippen molar-refractivity contribution >= 4 is 11.0 Å². The molecule has 0 saturated heterocycles. The lowest BCUT2D eigenvalue weighted by atomic mass is 10.3. The molecule has 0 aliphatic carbocycles. The molecule has 0 aliphatic heterocycles. The average Bonchev–Trinajstić information content (AvgIpc) is 2.29. The van der Waals surface area contributed by atoms with E-state index in [-0.39, 0.29) is 0 Å². The van der Waals surface area contributed by atoms with E-state index in [0.29, 0.717) is 6.04 Å². The third-order valence-corrected chi connectivity index (χ3v) is 1.75. The lowest BCUT2D eigenvalue weighted by Crippen LogP contribution is -1.90. The van der Waals surface area contributed by atoms with Crippen LogP contribution >= 0.6 is 0 Å². The molecule has 0 amide bonds. The highest BCUT2D eigenvalue weighted by Crippen LogP contribution is 2.13. The van der Waals surface area contributed by atoms with Crippen molar-refractivity contribution in [2.24, 2.45) is 7.05 Å². The van der Waals surface area contributed by atoms with Gasteiger partial charge in [-0.2, -0.15) is 0 Å². The summed E-state index contributed by atoms with van der Waals surface area (Å²) in [5, 5.41) is 0.847. The molecule has 2 heterocycles. The van der Waals surface area contributed by atoms with Crippen molar-refractivity contribution in [1.29, 1.82) is 0 Å². The van der Waals surface area contributed by atoms with Gasteiger partial charge in [0, 0.05) is 18.6 Å². The summed E-state index contributed by atoms with van der Waals surface area (Å²) in [6, 6.07) is 0.491. The zero-order valence-corrected chi connectivity index (χ0v) is 6.50. The van der Waals surface area contributed by atoms with Crippen LogP contribution in [0.5, 0.6) is 0 Å². The Balaban J connectivity index is 2.99. The van der Waals surface area contributed by atoms with Gasteiger partial charge in [-0.3, -0.25) is 0 Å². The molecule has 2 aromatic heterocycles. The predicted molar refractivity (Wildman–Crippen MR) is 43.2 cm³/mol. The largest absolute Gasteiger partial charge is 0.335 e. The van der Waals surface area contributed by atoms with Crippen LogP contribution in [0.15, 0.2) is 18.6 Å². The first-order chi connectivity index (χ1) is 5.70. The van der Waals surface area contributed by atoms with Crippen molar-refractivity contribution in [2.75, 3.05) is 0 Å². The van der Waals surface area contributed by atoms with Crippen LogP contribution in [-0.4, -0.2) is 14.5 Å². The molecule has 0 bridgehead atoms. The van der Waals surface area contributed by atoms with Crippen LogP contribution in [-0.2, 0) is 7.05 Å². The van der Waals surface area contributed by atoms with Crippen LogP contribution in [0.25, 0.3) is 11.0 Å². The van der Waals surface area contributed by atoms with E-state index in [2.05, 4.69) is 9.97 Å². The van der Waals surface area contributed by atoms with Gasteiger partial charge in [0.25, 0.3) is 0 Å². The van der Waals surface area contributed by atoms with Gasteiger partial charge in [0.1, 0.15) is 12.0 Å². The molecule has 2 aromatic rings. The Kier molecular flexibility index (Phi) is 0.987. The first-order valence-electron chi connectivity index (χ1n) is 3.93. The minimum Gasteiger partial charge on any atom is -0.335 e. The first kappa shape index (κ1) is 5.29. The normalized spacial score (nSPS) is 12.0. The van der Waals surface area contributed by atoms with Gasteiger partial charge >= 0.3 is 0 Å². The number of fused-ring (bicyclic) bond motifs is 1. The van der Waals surface area contributed by atoms with E-state index in [1.54, 1.807) is 6.20 Å². The van der Waals surface area contributed by atoms with Gasteiger partial charge in [-0.15, -0.1) is 0 Å². The summed E-state index contributed by atoms with van der Waals surface area (Å²) in [5.41, 5.74) is 1.69. The molecule has 11 heavy (non-hydrogen) atoms. The minimum absolute atomic E-state index is 0.491. The Bertz CT molecular complexity index is 433. The van der Waals surface area contributed by atoms with Crippen molar-refractivity contribution in [3.05, 3.63) is 24.3 Å². The van der Waals surface area contributed by atoms with Gasteiger partial charge in [-0.25, -0.2) is 9.97 Å². The maximum absolute atomic E-state index is 7.62. The SMILES string of the molecule is [3H]c1cn(C)c2ncnc(C)c12. The van der Waals surface area contributed by atoms with Crippen LogP contribution in [0, 0.1) is 6.92 Å². The maximum atomic E-state index is 7.62. The number of rotatable bonds is 0. The quantitative estimate of drug-likeness (QED) is 0.565. The molecule has 0 fully saturated rings. The Labute approximate surface area is 66.1 Å². The molecular weight excluding hydrogens is 138 g/mol. The van der Waals surface area contributed by atoms with E-state index in [4.69, 9.17) is 1.37 Å². The summed E-state index contributed by atoms with van der Waals surface area (Å²) >= 11 is 0. The number of aryl methyl sites for hydroxylation is 2. The number of aromatic nitrogens is 3. The summed E-state index contributed by atoms with van der Waals surface area (Å²) in [6.45, 7) is 1.89. The van der Waals surface area contributed by atoms with E-state index in [0.717, 1.165) is 16.7 Å². The third-order valence-electron chi connectivity index (χ3n) is 1.75. The smallest absolute Gasteiger partial charge is 0.143 e. The number of hydrogen-bond donors (Lipinski definition) is 0. The van der Waals surface area contributed by atoms with Crippen LogP contribution < -0.4 is 0 Å². The summed E-state index contributed by atoms with van der Waals surface area (Å²) < 4.78 is 9.46. The van der Waals surface area contributed by atoms with Gasteiger partial charge in [-0.05, 0) is 13.0 Å². The lowest BCUT2D eigenvalue weighted by Gasteiger charge is -1.94. The Morgan fingerprint density at radius 1 is 1.55 bits per heavy atom. The van der Waals surface area contributed by atoms with E-state index >= 15 is 0 Å². The van der Waals surface area contributed by atoms with Crippen LogP contribution in [0.1, 0.15) is 7.06 Å². The fraction of sp³-hybridized carbons (Fsp3) is 0.250. The molecule has 0 radical (unpaired) electrons. The molecule has 3 heteroatoms. The lowest BCUT2D eigenvalue weighted by molar-refractivity contribution is 0.941. The monoisotopic (exact) mass is 149 g/mol. The summed E-state index contributed by atoms with van der Waals surface area (Å²) in [7, 11) is 1.88. The van der Waals surface area contributed by atoms with Crippen molar-refractivity contribution in [2.45, 2.75) is 6.92 Å². The van der Waals surface area contributed by atoms with E-state index < -0.39 is 0 Å². The second-order valence-electron chi connectivity index (χ2n) is 2.54. The first-order valence-corrected chi connectivity index (χ1v) is 3.43. The molecule has 2 rings (SSSR count). The van der Waals surface area contributed by atoms with E-state index in [1.165, 1.54) is 6.33 Å². The van der Waals surface area contributed by atoms with E-state index in [9.17, 15) is 0 Å². The average molecular weight is 149 g/mol. The highest BCUT2D eigenvalue weighted by atomic mass is 15.0. The van der Waals surface area contributed by atoms with Crippen LogP contribution in [0.4, 0.5) is 0 Å². The zero-order valence-electron chi connectivity index (χ0n) is 7.50. The third kappa shape index (κ3) is 0.808. The molecule has 56 valence electrons. The zero-order chi connectivity index (χ0) is 8.72. The number of nitrogens with zero attached hydrogens (tertiary/aromatic N) is 3. The van der Waals surface area contributed by atoms with Gasteiger partial charge in [0.2, 0.25) is 0 Å². The van der Waals surface area contributed by atoms with Crippen molar-refractivity contribution in [3.8, 4) is 0 Å². The molecule has 0 aliphatic rings. The van der Waals surface area contributed by atoms with Crippen LogP contribution in [0.2, 0.25) is 0 Å². The topological polar surface area (TPSA) is 30.7 Å². The van der Waals surface area contributed by atoms with Gasteiger partial charge in [-0.1, -0.05) is 0 Å². The molecule has 0 saturated carbocycles. The summed E-state index contributed by atoms with van der Waals surface area (Å²) in [4.78, 5) is 8.13. The Morgan fingerprint density at radius 2 is 2.36 bits per heavy atom. The molecule has 0 spiro atoms. The van der Waals surface area contributed by atoms with Crippen molar-refractivity contribution in [3.63, 3.8) is 0 Å². The van der Waals surface area contributed by atoms with Gasteiger partial charge in [0.05, 0.1) is 7.06 Å². The molecule has 3 nitrogen and oxygen atoms in total. The molecule has 0 unspecified atom stereocenters. The summed E-state index contributed by atoms with van der Waals surface area (Å²) in [5.74, 6) is 0. The minimum atomic E-state index is 0.491. The second-order valence-corrected chi connectivity index (χ2v) is 2.54. The molecular formula is C8H9N3. The van der Waals surface area contributed by atoms with Gasteiger partial charge in [0.15, 0.2) is 0 Å². The van der Waals surface area contributed by atoms with Gasteiger partial charge < -0.3 is 4.57 Å². The highest BCUT2D eigenvalue weighted by Gasteiger charge is 2.00.